The van der Waals surface area contributed by atoms with Crippen LogP contribution in [0.3, 0.4) is 0 Å². The summed E-state index contributed by atoms with van der Waals surface area (Å²) in [6, 6.07) is 11.0. The molecule has 22 heavy (non-hydrogen) atoms. The van der Waals surface area contributed by atoms with Crippen LogP contribution in [0.4, 0.5) is 0 Å². The van der Waals surface area contributed by atoms with Gasteiger partial charge in [-0.2, -0.15) is 0 Å². The zero-order chi connectivity index (χ0) is 16.4. The van der Waals surface area contributed by atoms with Gasteiger partial charge in [-0.15, -0.1) is 0 Å². The highest BCUT2D eigenvalue weighted by Gasteiger charge is 2.19. The first-order valence-corrected chi connectivity index (χ1v) is 8.27. The molecule has 0 unspecified atom stereocenters. The molecule has 116 valence electrons. The van der Waals surface area contributed by atoms with Crippen LogP contribution in [0, 0.1) is 0 Å². The van der Waals surface area contributed by atoms with Gasteiger partial charge in [0.1, 0.15) is 5.75 Å². The predicted molar refractivity (Wildman–Crippen MR) is 93.9 cm³/mol. The van der Waals surface area contributed by atoms with E-state index < -0.39 is 0 Å². The second-order valence-electron chi connectivity index (χ2n) is 6.15. The number of ketones is 1. The van der Waals surface area contributed by atoms with Gasteiger partial charge >= 0.3 is 0 Å². The van der Waals surface area contributed by atoms with Gasteiger partial charge in [-0.3, -0.25) is 4.79 Å². The van der Waals surface area contributed by atoms with E-state index in [1.807, 2.05) is 64.1 Å². The van der Waals surface area contributed by atoms with Crippen LogP contribution in [-0.2, 0) is 0 Å². The number of aromatic hydroxyl groups is 1. The maximum atomic E-state index is 12.8. The maximum absolute atomic E-state index is 12.8. The van der Waals surface area contributed by atoms with Gasteiger partial charge in [-0.1, -0.05) is 55.8 Å². The lowest BCUT2D eigenvalue weighted by atomic mass is 9.89. The summed E-state index contributed by atoms with van der Waals surface area (Å²) in [4.78, 5) is 12.8. The number of phenolic OH excluding ortho intramolecular Hbond substituents is 1. The Hall–Kier alpha value is -1.61. The Morgan fingerprint density at radius 1 is 0.955 bits per heavy atom. The van der Waals surface area contributed by atoms with Gasteiger partial charge in [0.2, 0.25) is 0 Å². The van der Waals surface area contributed by atoms with Crippen LogP contribution in [0.15, 0.2) is 40.9 Å². The highest BCUT2D eigenvalue weighted by atomic mass is 79.9. The molecule has 2 nitrogen and oxygen atoms in total. The molecule has 2 rings (SSSR count). The number of benzene rings is 2. The molecule has 0 saturated heterocycles. The highest BCUT2D eigenvalue weighted by Crippen LogP contribution is 2.35. The van der Waals surface area contributed by atoms with Crippen LogP contribution in [0.1, 0.15) is 66.6 Å². The first kappa shape index (κ1) is 16.8. The molecule has 0 saturated carbocycles. The molecule has 0 aliphatic rings. The summed E-state index contributed by atoms with van der Waals surface area (Å²) >= 11 is 3.40. The second kappa shape index (κ2) is 6.66. The smallest absolute Gasteiger partial charge is 0.193 e. The van der Waals surface area contributed by atoms with E-state index in [9.17, 15) is 9.90 Å². The molecule has 0 bridgehead atoms. The summed E-state index contributed by atoms with van der Waals surface area (Å²) in [5, 5.41) is 10.4. The topological polar surface area (TPSA) is 37.3 Å². The van der Waals surface area contributed by atoms with Crippen molar-refractivity contribution in [2.45, 2.75) is 39.5 Å². The Morgan fingerprint density at radius 3 is 1.95 bits per heavy atom. The Morgan fingerprint density at radius 2 is 1.50 bits per heavy atom. The number of carbonyl (C=O) groups excluding carboxylic acids is 1. The summed E-state index contributed by atoms with van der Waals surface area (Å²) in [6.07, 6.45) is 0. The Labute approximate surface area is 140 Å². The average molecular weight is 361 g/mol. The standard InChI is InChI=1S/C19H21BrO2/c1-11(2)16-9-14(10-17(12(3)4)19(16)22)18(21)13-6-5-7-15(20)8-13/h5-12,22H,1-4H3. The van der Waals surface area contributed by atoms with Crippen molar-refractivity contribution < 1.29 is 9.90 Å². The fourth-order valence-electron chi connectivity index (χ4n) is 2.49. The van der Waals surface area contributed by atoms with Gasteiger partial charge in [-0.05, 0) is 47.2 Å². The fraction of sp³-hybridized carbons (Fsp3) is 0.316. The minimum Gasteiger partial charge on any atom is -0.507 e. The van der Waals surface area contributed by atoms with Crippen LogP contribution in [0.5, 0.6) is 5.75 Å². The van der Waals surface area contributed by atoms with E-state index in [4.69, 9.17) is 0 Å². The van der Waals surface area contributed by atoms with Crippen LogP contribution in [0.2, 0.25) is 0 Å². The predicted octanol–water partition coefficient (Wildman–Crippen LogP) is 5.63. The molecule has 2 aromatic rings. The summed E-state index contributed by atoms with van der Waals surface area (Å²) in [6.45, 7) is 8.08. The molecule has 1 N–H and O–H groups in total. The van der Waals surface area contributed by atoms with Crippen LogP contribution in [0.25, 0.3) is 0 Å². The first-order valence-electron chi connectivity index (χ1n) is 7.48. The van der Waals surface area contributed by atoms with E-state index in [-0.39, 0.29) is 17.6 Å². The zero-order valence-electron chi connectivity index (χ0n) is 13.4. The summed E-state index contributed by atoms with van der Waals surface area (Å²) < 4.78 is 0.880. The van der Waals surface area contributed by atoms with E-state index in [0.717, 1.165) is 15.6 Å². The van der Waals surface area contributed by atoms with Crippen LogP contribution >= 0.6 is 15.9 Å². The van der Waals surface area contributed by atoms with Gasteiger partial charge in [0, 0.05) is 15.6 Å². The molecule has 0 atom stereocenters. The number of hydrogen-bond donors (Lipinski definition) is 1. The summed E-state index contributed by atoms with van der Waals surface area (Å²) in [5.74, 6) is 0.612. The van der Waals surface area contributed by atoms with E-state index in [2.05, 4.69) is 15.9 Å². The van der Waals surface area contributed by atoms with Crippen molar-refractivity contribution in [2.75, 3.05) is 0 Å². The quantitative estimate of drug-likeness (QED) is 0.717. The minimum atomic E-state index is -0.0231. The van der Waals surface area contributed by atoms with Gasteiger partial charge in [0.15, 0.2) is 5.78 Å². The van der Waals surface area contributed by atoms with Gasteiger partial charge in [0.05, 0.1) is 0 Å². The first-order chi connectivity index (χ1) is 10.3. The van der Waals surface area contributed by atoms with Crippen molar-refractivity contribution in [3.8, 4) is 5.75 Å². The van der Waals surface area contributed by atoms with Gasteiger partial charge < -0.3 is 5.11 Å². The van der Waals surface area contributed by atoms with Crippen LogP contribution in [-0.4, -0.2) is 10.9 Å². The lowest BCUT2D eigenvalue weighted by Crippen LogP contribution is -2.05. The second-order valence-corrected chi connectivity index (χ2v) is 7.07. The SMILES string of the molecule is CC(C)c1cc(C(=O)c2cccc(Br)c2)cc(C(C)C)c1O. The fourth-order valence-corrected chi connectivity index (χ4v) is 2.89. The number of hydrogen-bond acceptors (Lipinski definition) is 2. The van der Waals surface area contributed by atoms with Gasteiger partial charge in [0.25, 0.3) is 0 Å². The molecule has 0 spiro atoms. The highest BCUT2D eigenvalue weighted by molar-refractivity contribution is 9.10. The maximum Gasteiger partial charge on any atom is 0.193 e. The molecule has 0 fully saturated rings. The molecular weight excluding hydrogens is 340 g/mol. The van der Waals surface area contributed by atoms with Crippen molar-refractivity contribution in [2.24, 2.45) is 0 Å². The Balaban J connectivity index is 2.57. The molecule has 3 heteroatoms. The number of rotatable bonds is 4. The molecule has 0 aliphatic heterocycles. The molecule has 0 aliphatic carbocycles. The van der Waals surface area contributed by atoms with Crippen LogP contribution < -0.4 is 0 Å². The molecular formula is C19H21BrO2. The molecule has 0 amide bonds. The van der Waals surface area contributed by atoms with Crippen molar-refractivity contribution >= 4 is 21.7 Å². The van der Waals surface area contributed by atoms with Crippen molar-refractivity contribution in [1.29, 1.82) is 0 Å². The third kappa shape index (κ3) is 3.41. The molecule has 0 heterocycles. The monoisotopic (exact) mass is 360 g/mol. The summed E-state index contributed by atoms with van der Waals surface area (Å²) in [7, 11) is 0. The van der Waals surface area contributed by atoms with Crippen molar-refractivity contribution in [3.63, 3.8) is 0 Å². The van der Waals surface area contributed by atoms with Crippen molar-refractivity contribution in [3.05, 3.63) is 63.1 Å². The van der Waals surface area contributed by atoms with Gasteiger partial charge in [-0.25, -0.2) is 0 Å². The van der Waals surface area contributed by atoms with E-state index in [0.29, 0.717) is 16.9 Å². The van der Waals surface area contributed by atoms with Crippen molar-refractivity contribution in [1.82, 2.24) is 0 Å². The lowest BCUT2D eigenvalue weighted by molar-refractivity contribution is 0.103. The molecule has 0 aromatic heterocycles. The average Bonchev–Trinajstić information content (AvgIpc) is 2.46. The lowest BCUT2D eigenvalue weighted by Gasteiger charge is -2.17. The summed E-state index contributed by atoms with van der Waals surface area (Å²) in [5.41, 5.74) is 2.92. The minimum absolute atomic E-state index is 0.0231. The van der Waals surface area contributed by atoms with E-state index in [1.54, 1.807) is 0 Å². The Kier molecular flexibility index (Phi) is 5.07. The largest absolute Gasteiger partial charge is 0.507 e. The number of halogens is 1. The third-order valence-electron chi connectivity index (χ3n) is 3.76. The number of carbonyl (C=O) groups is 1. The molecule has 0 radical (unpaired) electrons. The normalized spacial score (nSPS) is 11.2. The zero-order valence-corrected chi connectivity index (χ0v) is 14.9. The number of phenols is 1. The van der Waals surface area contributed by atoms with E-state index in [1.165, 1.54) is 0 Å². The Bertz CT molecular complexity index is 673. The third-order valence-corrected chi connectivity index (χ3v) is 4.26. The van der Waals surface area contributed by atoms with E-state index >= 15 is 0 Å². The molecule has 2 aromatic carbocycles.